The molecule has 13 heteroatoms. The molecule has 0 aliphatic heterocycles. The molecule has 8 unspecified atom stereocenters. The van der Waals surface area contributed by atoms with Crippen molar-refractivity contribution in [1.29, 1.82) is 0 Å². The van der Waals surface area contributed by atoms with Gasteiger partial charge in [-0.25, -0.2) is 4.79 Å². The van der Waals surface area contributed by atoms with Gasteiger partial charge in [-0.15, -0.1) is 0 Å². The first-order chi connectivity index (χ1) is 11.8. The van der Waals surface area contributed by atoms with Crippen molar-refractivity contribution < 1.29 is 65.8 Å². The Morgan fingerprint density at radius 3 is 1.46 bits per heavy atom. The Morgan fingerprint density at radius 1 is 0.769 bits per heavy atom. The van der Waals surface area contributed by atoms with Crippen LogP contribution >= 0.6 is 0 Å². The molecule has 13 nitrogen and oxygen atoms in total. The normalized spacial score (nSPS) is 20.4. The third-order valence-electron chi connectivity index (χ3n) is 3.24. The van der Waals surface area contributed by atoms with Gasteiger partial charge in [0.15, 0.2) is 6.10 Å². The van der Waals surface area contributed by atoms with E-state index in [2.05, 4.69) is 0 Å². The molecule has 26 heavy (non-hydrogen) atoms. The minimum atomic E-state index is -2.20. The summed E-state index contributed by atoms with van der Waals surface area (Å²) >= 11 is 0. The van der Waals surface area contributed by atoms with E-state index in [0.29, 0.717) is 0 Å². The monoisotopic (exact) mass is 389 g/mol. The van der Waals surface area contributed by atoms with Crippen LogP contribution in [-0.4, -0.2) is 118 Å². The molecule has 0 spiro atoms. The van der Waals surface area contributed by atoms with Crippen molar-refractivity contribution in [3.05, 3.63) is 0 Å². The molecule has 0 saturated carbocycles. The Hall–Kier alpha value is -1.42. The van der Waals surface area contributed by atoms with Crippen LogP contribution in [0.1, 0.15) is 13.3 Å². The maximum Gasteiger partial charge on any atom is 0.335 e. The lowest BCUT2D eigenvalue weighted by Crippen LogP contribution is -2.51. The number of carboxylic acids is 2. The highest BCUT2D eigenvalue weighted by Gasteiger charge is 2.34. The van der Waals surface area contributed by atoms with Crippen molar-refractivity contribution in [3.8, 4) is 0 Å². The highest BCUT2D eigenvalue weighted by atomic mass is 16.4. The number of carbonyl (C=O) groups is 2. The summed E-state index contributed by atoms with van der Waals surface area (Å²) in [6, 6.07) is 0. The number of hydrogen-bond donors (Lipinski definition) is 10. The summed E-state index contributed by atoms with van der Waals surface area (Å²) in [6.45, 7) is 0.691. The summed E-state index contributed by atoms with van der Waals surface area (Å²) in [6.07, 6.45) is -14.8. The average Bonchev–Trinajstić information content (AvgIpc) is 2.62. The molecule has 0 fully saturated rings. The maximum absolute atomic E-state index is 10.1. The molecule has 0 rings (SSSR count). The van der Waals surface area contributed by atoms with Gasteiger partial charge in [-0.1, -0.05) is 6.92 Å². The van der Waals surface area contributed by atoms with Gasteiger partial charge >= 0.3 is 5.97 Å². The Kier molecular flexibility index (Phi) is 13.3. The van der Waals surface area contributed by atoms with Crippen LogP contribution < -0.4 is 5.11 Å². The fourth-order valence-electron chi connectivity index (χ4n) is 1.46. The molecular formula is C13H25O13-. The molecule has 0 aromatic heterocycles. The van der Waals surface area contributed by atoms with Crippen LogP contribution in [0.15, 0.2) is 0 Å². The third kappa shape index (κ3) is 8.79. The first kappa shape index (κ1) is 26.8. The van der Waals surface area contributed by atoms with E-state index in [1.165, 1.54) is 6.92 Å². The molecule has 0 amide bonds. The fraction of sp³-hybridized carbons (Fsp3) is 0.846. The zero-order chi connectivity index (χ0) is 21.2. The predicted molar refractivity (Wildman–Crippen MR) is 78.1 cm³/mol. The summed E-state index contributed by atoms with van der Waals surface area (Å²) in [7, 11) is 0. The van der Waals surface area contributed by atoms with E-state index < -0.39 is 67.4 Å². The van der Waals surface area contributed by atoms with E-state index in [0.717, 1.165) is 0 Å². The largest absolute Gasteiger partial charge is 0.547 e. The van der Waals surface area contributed by atoms with Gasteiger partial charge in [0.05, 0.1) is 18.7 Å². The van der Waals surface area contributed by atoms with Crippen molar-refractivity contribution >= 4 is 11.9 Å². The number of hydrogen-bond acceptors (Lipinski definition) is 12. The van der Waals surface area contributed by atoms with Crippen LogP contribution in [0.3, 0.4) is 0 Å². The van der Waals surface area contributed by atoms with E-state index in [-0.39, 0.29) is 6.42 Å². The number of rotatable bonds is 10. The highest BCUT2D eigenvalue weighted by Crippen LogP contribution is 2.07. The lowest BCUT2D eigenvalue weighted by atomic mass is 10.0. The summed E-state index contributed by atoms with van der Waals surface area (Å²) in [5.74, 6) is -3.62. The van der Waals surface area contributed by atoms with Crippen LogP contribution in [0.2, 0.25) is 0 Å². The van der Waals surface area contributed by atoms with Gasteiger partial charge in [0, 0.05) is 0 Å². The van der Waals surface area contributed by atoms with Crippen molar-refractivity contribution in [2.75, 3.05) is 6.61 Å². The van der Waals surface area contributed by atoms with Gasteiger partial charge in [0.1, 0.15) is 36.6 Å². The number of carboxylic acid groups (broad SMARTS) is 2. The second-order valence-corrected chi connectivity index (χ2v) is 5.23. The van der Waals surface area contributed by atoms with Crippen LogP contribution in [0.25, 0.3) is 0 Å². The van der Waals surface area contributed by atoms with Crippen LogP contribution in [0.4, 0.5) is 0 Å². The second kappa shape index (κ2) is 12.9. The third-order valence-corrected chi connectivity index (χ3v) is 3.24. The molecule has 0 aliphatic carbocycles. The molecule has 0 radical (unpaired) electrons. The molecule has 8 atom stereocenters. The van der Waals surface area contributed by atoms with E-state index in [1.54, 1.807) is 0 Å². The van der Waals surface area contributed by atoms with E-state index in [4.69, 9.17) is 51.1 Å². The lowest BCUT2D eigenvalue weighted by molar-refractivity contribution is -0.320. The Labute approximate surface area is 147 Å². The number of aliphatic carboxylic acids is 2. The molecule has 0 heterocycles. The van der Waals surface area contributed by atoms with Gasteiger partial charge in [0.25, 0.3) is 0 Å². The standard InChI is InChI=1S/C7H14O6.C6H12O7/c1-2-3(8)4(9)5(10)6(11)7(12)13;7-1-2(8)3(9)4(10)5(11)6(12)13/h3-6,8-11H,2H2,1H3,(H,12,13);2-5,7-11H,1H2,(H,12,13)/p-1. The predicted octanol–water partition coefficient (Wildman–Crippen LogP) is -6.90. The van der Waals surface area contributed by atoms with Crippen molar-refractivity contribution in [3.63, 3.8) is 0 Å². The van der Waals surface area contributed by atoms with Crippen LogP contribution in [0.5, 0.6) is 0 Å². The minimum absolute atomic E-state index is 0.137. The van der Waals surface area contributed by atoms with Crippen molar-refractivity contribution in [2.45, 2.75) is 62.2 Å². The van der Waals surface area contributed by atoms with E-state index >= 15 is 0 Å². The summed E-state index contributed by atoms with van der Waals surface area (Å²) in [4.78, 5) is 20.1. The molecule has 0 saturated heterocycles. The molecule has 0 aliphatic rings. The smallest absolute Gasteiger partial charge is 0.335 e. The van der Waals surface area contributed by atoms with Crippen molar-refractivity contribution in [2.24, 2.45) is 0 Å². The second-order valence-electron chi connectivity index (χ2n) is 5.23. The molecule has 10 N–H and O–H groups in total. The fourth-order valence-corrected chi connectivity index (χ4v) is 1.46. The van der Waals surface area contributed by atoms with Crippen LogP contribution in [0, 0.1) is 0 Å². The molecule has 0 aromatic rings. The molecular weight excluding hydrogens is 364 g/mol. The van der Waals surface area contributed by atoms with Gasteiger partial charge in [0.2, 0.25) is 0 Å². The maximum atomic E-state index is 10.1. The van der Waals surface area contributed by atoms with Gasteiger partial charge < -0.3 is 61.0 Å². The highest BCUT2D eigenvalue weighted by molar-refractivity contribution is 5.72. The molecule has 156 valence electrons. The Bertz CT molecular complexity index is 379. The first-order valence-corrected chi connectivity index (χ1v) is 7.32. The Balaban J connectivity index is 0. The molecule has 0 bridgehead atoms. The SMILES string of the molecule is CCC(O)C(O)C(O)C(O)C(=O)[O-].O=C(O)C(O)C(O)C(O)C(O)CO. The Morgan fingerprint density at radius 2 is 1.15 bits per heavy atom. The topological polar surface area (TPSA) is 259 Å². The summed E-state index contributed by atoms with van der Waals surface area (Å²) < 4.78 is 0. The van der Waals surface area contributed by atoms with Crippen molar-refractivity contribution in [1.82, 2.24) is 0 Å². The van der Waals surface area contributed by atoms with Gasteiger partial charge in [-0.2, -0.15) is 0 Å². The first-order valence-electron chi connectivity index (χ1n) is 7.32. The number of aliphatic hydroxyl groups is 9. The average molecular weight is 389 g/mol. The molecule has 0 aromatic carbocycles. The summed E-state index contributed by atoms with van der Waals surface area (Å²) in [5, 5.41) is 97.6. The number of carbonyl (C=O) groups excluding carboxylic acids is 1. The van der Waals surface area contributed by atoms with E-state index in [1.807, 2.05) is 0 Å². The van der Waals surface area contributed by atoms with Gasteiger partial charge in [-0.3, -0.25) is 0 Å². The zero-order valence-corrected chi connectivity index (χ0v) is 13.7. The lowest BCUT2D eigenvalue weighted by Gasteiger charge is -2.26. The van der Waals surface area contributed by atoms with E-state index in [9.17, 15) is 14.7 Å². The summed E-state index contributed by atoms with van der Waals surface area (Å²) in [5.41, 5.74) is 0. The minimum Gasteiger partial charge on any atom is -0.547 e. The quantitative estimate of drug-likeness (QED) is 0.167. The van der Waals surface area contributed by atoms with Crippen LogP contribution in [-0.2, 0) is 9.59 Å². The zero-order valence-electron chi connectivity index (χ0n) is 13.7. The number of aliphatic hydroxyl groups excluding tert-OH is 9. The van der Waals surface area contributed by atoms with Gasteiger partial charge in [-0.05, 0) is 6.42 Å².